The van der Waals surface area contributed by atoms with Crippen LogP contribution in [0.2, 0.25) is 0 Å². The average Bonchev–Trinajstić information content (AvgIpc) is 2.20. The third kappa shape index (κ3) is 3.20. The highest BCUT2D eigenvalue weighted by molar-refractivity contribution is 5.70. The van der Waals surface area contributed by atoms with Crippen molar-refractivity contribution >= 4 is 5.97 Å². The summed E-state index contributed by atoms with van der Waals surface area (Å²) in [7, 11) is 0. The number of aromatic hydroxyl groups is 1. The summed E-state index contributed by atoms with van der Waals surface area (Å²) >= 11 is 0. The highest BCUT2D eigenvalue weighted by Crippen LogP contribution is 2.29. The minimum atomic E-state index is -0.520. The highest BCUT2D eigenvalue weighted by atomic mass is 19.1. The van der Waals surface area contributed by atoms with Crippen LogP contribution in [0.4, 0.5) is 4.39 Å². The van der Waals surface area contributed by atoms with Gasteiger partial charge in [-0.15, -0.1) is 0 Å². The molecule has 0 radical (unpaired) electrons. The van der Waals surface area contributed by atoms with Crippen LogP contribution in [0.1, 0.15) is 24.9 Å². The van der Waals surface area contributed by atoms with Crippen molar-refractivity contribution in [2.75, 3.05) is 6.67 Å². The van der Waals surface area contributed by atoms with Crippen LogP contribution in [-0.2, 0) is 4.79 Å². The van der Waals surface area contributed by atoms with E-state index in [4.69, 9.17) is 10.5 Å². The van der Waals surface area contributed by atoms with Gasteiger partial charge in [0.25, 0.3) is 0 Å². The Morgan fingerprint density at radius 1 is 1.62 bits per heavy atom. The van der Waals surface area contributed by atoms with Crippen LogP contribution in [0, 0.1) is 0 Å². The van der Waals surface area contributed by atoms with E-state index in [-0.39, 0.29) is 17.9 Å². The van der Waals surface area contributed by atoms with E-state index >= 15 is 0 Å². The second-order valence-electron chi connectivity index (χ2n) is 3.40. The molecule has 1 aromatic rings. The summed E-state index contributed by atoms with van der Waals surface area (Å²) in [5.41, 5.74) is 6.27. The van der Waals surface area contributed by atoms with Crippen LogP contribution < -0.4 is 10.5 Å². The summed E-state index contributed by atoms with van der Waals surface area (Å²) in [6.07, 6.45) is 0.187. The zero-order valence-corrected chi connectivity index (χ0v) is 8.94. The molecular weight excluding hydrogens is 213 g/mol. The minimum Gasteiger partial charge on any atom is -0.504 e. The fourth-order valence-electron chi connectivity index (χ4n) is 1.29. The van der Waals surface area contributed by atoms with Crippen molar-refractivity contribution in [3.63, 3.8) is 0 Å². The number of phenols is 1. The fourth-order valence-corrected chi connectivity index (χ4v) is 1.29. The fraction of sp³-hybridized carbons (Fsp3) is 0.364. The molecule has 88 valence electrons. The summed E-state index contributed by atoms with van der Waals surface area (Å²) < 4.78 is 16.8. The van der Waals surface area contributed by atoms with Crippen LogP contribution in [0.3, 0.4) is 0 Å². The maximum Gasteiger partial charge on any atom is 0.308 e. The highest BCUT2D eigenvalue weighted by Gasteiger charge is 2.10. The van der Waals surface area contributed by atoms with Crippen molar-refractivity contribution in [1.29, 1.82) is 0 Å². The van der Waals surface area contributed by atoms with Crippen molar-refractivity contribution < 1.29 is 19.0 Å². The monoisotopic (exact) mass is 227 g/mol. The predicted molar refractivity (Wildman–Crippen MR) is 56.9 cm³/mol. The second kappa shape index (κ2) is 5.46. The molecule has 1 rings (SSSR count). The maximum absolute atomic E-state index is 12.1. The first-order valence-electron chi connectivity index (χ1n) is 4.87. The molecule has 1 aromatic carbocycles. The molecule has 0 bridgehead atoms. The van der Waals surface area contributed by atoms with Gasteiger partial charge in [0.05, 0.1) is 6.67 Å². The van der Waals surface area contributed by atoms with Crippen LogP contribution in [0.5, 0.6) is 11.5 Å². The van der Waals surface area contributed by atoms with Crippen LogP contribution in [0.25, 0.3) is 0 Å². The molecular formula is C11H14FNO3. The van der Waals surface area contributed by atoms with E-state index in [1.54, 1.807) is 6.07 Å². The average molecular weight is 227 g/mol. The largest absolute Gasteiger partial charge is 0.504 e. The van der Waals surface area contributed by atoms with Crippen LogP contribution in [0.15, 0.2) is 18.2 Å². The Morgan fingerprint density at radius 3 is 2.81 bits per heavy atom. The molecule has 5 heteroatoms. The van der Waals surface area contributed by atoms with Crippen LogP contribution >= 0.6 is 0 Å². The van der Waals surface area contributed by atoms with E-state index < -0.39 is 18.7 Å². The molecule has 0 saturated heterocycles. The van der Waals surface area contributed by atoms with Gasteiger partial charge < -0.3 is 15.6 Å². The topological polar surface area (TPSA) is 72.5 Å². The van der Waals surface area contributed by atoms with Gasteiger partial charge in [0, 0.05) is 13.0 Å². The van der Waals surface area contributed by atoms with Gasteiger partial charge in [-0.1, -0.05) is 6.07 Å². The number of hydrogen-bond donors (Lipinski definition) is 2. The Balaban J connectivity index is 2.85. The molecule has 1 atom stereocenters. The molecule has 0 amide bonds. The number of carbonyl (C=O) groups excluding carboxylic acids is 1. The number of hydrogen-bond acceptors (Lipinski definition) is 4. The number of phenolic OH excluding ortho intramolecular Hbond substituents is 1. The van der Waals surface area contributed by atoms with Crippen LogP contribution in [-0.4, -0.2) is 17.8 Å². The summed E-state index contributed by atoms with van der Waals surface area (Å²) in [5, 5.41) is 9.53. The van der Waals surface area contributed by atoms with Gasteiger partial charge in [0.15, 0.2) is 11.5 Å². The first-order valence-corrected chi connectivity index (χ1v) is 4.87. The molecule has 0 heterocycles. The van der Waals surface area contributed by atoms with Gasteiger partial charge >= 0.3 is 5.97 Å². The van der Waals surface area contributed by atoms with Gasteiger partial charge in [0.1, 0.15) is 0 Å². The number of alkyl halides is 1. The molecule has 0 aromatic heterocycles. The SMILES string of the molecule is CC(=O)Oc1ccc([C@@H](N)CCF)cc1O. The Morgan fingerprint density at radius 2 is 2.31 bits per heavy atom. The van der Waals surface area contributed by atoms with Crippen molar-refractivity contribution in [3.05, 3.63) is 23.8 Å². The zero-order chi connectivity index (χ0) is 12.1. The van der Waals surface area contributed by atoms with Crippen molar-refractivity contribution in [3.8, 4) is 11.5 Å². The molecule has 4 nitrogen and oxygen atoms in total. The lowest BCUT2D eigenvalue weighted by Gasteiger charge is -2.11. The Hall–Kier alpha value is -1.62. The molecule has 0 aliphatic rings. The lowest BCUT2D eigenvalue weighted by atomic mass is 10.0. The molecule has 16 heavy (non-hydrogen) atoms. The lowest BCUT2D eigenvalue weighted by molar-refractivity contribution is -0.132. The Kier molecular flexibility index (Phi) is 4.25. The Bertz CT molecular complexity index is 381. The van der Waals surface area contributed by atoms with E-state index in [1.165, 1.54) is 19.1 Å². The molecule has 0 unspecified atom stereocenters. The van der Waals surface area contributed by atoms with Gasteiger partial charge in [0.2, 0.25) is 0 Å². The summed E-state index contributed by atoms with van der Waals surface area (Å²) in [6, 6.07) is 3.93. The molecule has 0 fully saturated rings. The van der Waals surface area contributed by atoms with E-state index in [0.717, 1.165) is 0 Å². The first-order chi connectivity index (χ1) is 7.54. The van der Waals surface area contributed by atoms with Crippen molar-refractivity contribution in [2.45, 2.75) is 19.4 Å². The van der Waals surface area contributed by atoms with E-state index in [2.05, 4.69) is 0 Å². The zero-order valence-electron chi connectivity index (χ0n) is 8.94. The normalized spacial score (nSPS) is 12.2. The summed E-state index contributed by atoms with van der Waals surface area (Å²) in [6.45, 7) is 0.718. The Labute approximate surface area is 92.8 Å². The van der Waals surface area contributed by atoms with Gasteiger partial charge in [-0.2, -0.15) is 0 Å². The molecule has 3 N–H and O–H groups in total. The number of halogens is 1. The molecule has 0 spiro atoms. The quantitative estimate of drug-likeness (QED) is 0.606. The minimum absolute atomic E-state index is 0.0729. The van der Waals surface area contributed by atoms with E-state index in [1.807, 2.05) is 0 Å². The van der Waals surface area contributed by atoms with Crippen molar-refractivity contribution in [1.82, 2.24) is 0 Å². The summed E-state index contributed by atoms with van der Waals surface area (Å²) in [4.78, 5) is 10.7. The number of rotatable bonds is 4. The number of benzene rings is 1. The third-order valence-corrected chi connectivity index (χ3v) is 2.08. The van der Waals surface area contributed by atoms with Gasteiger partial charge in [-0.3, -0.25) is 9.18 Å². The molecule has 0 aliphatic carbocycles. The number of carbonyl (C=O) groups is 1. The van der Waals surface area contributed by atoms with Gasteiger partial charge in [-0.05, 0) is 24.1 Å². The standard InChI is InChI=1S/C11H14FNO3/c1-7(14)16-11-3-2-8(6-10(11)15)9(13)4-5-12/h2-3,6,9,15H,4-5,13H2,1H3/t9-/m0/s1. The summed E-state index contributed by atoms with van der Waals surface area (Å²) in [5.74, 6) is -0.623. The van der Waals surface area contributed by atoms with Crippen molar-refractivity contribution in [2.24, 2.45) is 5.73 Å². The number of nitrogens with two attached hydrogens (primary N) is 1. The third-order valence-electron chi connectivity index (χ3n) is 2.08. The lowest BCUT2D eigenvalue weighted by Crippen LogP contribution is -2.11. The van der Waals surface area contributed by atoms with E-state index in [0.29, 0.717) is 5.56 Å². The molecule has 0 aliphatic heterocycles. The second-order valence-corrected chi connectivity index (χ2v) is 3.40. The first kappa shape index (κ1) is 12.4. The predicted octanol–water partition coefficient (Wildman–Crippen LogP) is 1.68. The number of ether oxygens (including phenoxy) is 1. The van der Waals surface area contributed by atoms with E-state index in [9.17, 15) is 14.3 Å². The maximum atomic E-state index is 12.1. The number of esters is 1. The van der Waals surface area contributed by atoms with Gasteiger partial charge in [-0.25, -0.2) is 0 Å². The smallest absolute Gasteiger partial charge is 0.308 e. The molecule has 0 saturated carbocycles.